The molecule has 30 heavy (non-hydrogen) atoms. The zero-order valence-corrected chi connectivity index (χ0v) is 18.1. The van der Waals surface area contributed by atoms with Gasteiger partial charge >= 0.3 is 0 Å². The summed E-state index contributed by atoms with van der Waals surface area (Å²) < 4.78 is 0. The van der Waals surface area contributed by atoms with E-state index in [0.717, 1.165) is 61.3 Å². The summed E-state index contributed by atoms with van der Waals surface area (Å²) in [6, 6.07) is 18.3. The number of benzene rings is 2. The second kappa shape index (κ2) is 9.56. The van der Waals surface area contributed by atoms with Gasteiger partial charge in [-0.2, -0.15) is 0 Å². The predicted octanol–water partition coefficient (Wildman–Crippen LogP) is 1.37. The van der Waals surface area contributed by atoms with E-state index in [1.807, 2.05) is 36.4 Å². The van der Waals surface area contributed by atoms with Crippen molar-refractivity contribution in [2.75, 3.05) is 38.0 Å². The highest BCUT2D eigenvalue weighted by atomic mass is 35.5. The third-order valence-corrected chi connectivity index (χ3v) is 6.26. The van der Waals surface area contributed by atoms with Crippen LogP contribution in [-0.2, 0) is 17.8 Å². The van der Waals surface area contributed by atoms with E-state index in [1.54, 1.807) is 0 Å². The second-order valence-electron chi connectivity index (χ2n) is 8.04. The van der Waals surface area contributed by atoms with E-state index in [4.69, 9.17) is 11.6 Å². The van der Waals surface area contributed by atoms with Gasteiger partial charge in [-0.1, -0.05) is 54.9 Å². The Morgan fingerprint density at radius 3 is 2.50 bits per heavy atom. The molecule has 1 aliphatic rings. The van der Waals surface area contributed by atoms with Crippen LogP contribution in [0.25, 0.3) is 10.9 Å². The van der Waals surface area contributed by atoms with Crippen LogP contribution in [-0.4, -0.2) is 43.6 Å². The number of halogens is 1. The Balaban J connectivity index is 1.30. The smallest absolute Gasteiger partial charge is 0.279 e. The maximum Gasteiger partial charge on any atom is 0.279 e. The lowest BCUT2D eigenvalue weighted by Crippen LogP contribution is -3.28. The van der Waals surface area contributed by atoms with Crippen molar-refractivity contribution in [1.29, 1.82) is 0 Å². The second-order valence-corrected chi connectivity index (χ2v) is 8.40. The molecule has 1 fully saturated rings. The highest BCUT2D eigenvalue weighted by molar-refractivity contribution is 6.30. The van der Waals surface area contributed by atoms with E-state index in [2.05, 4.69) is 35.4 Å². The number of anilines is 1. The van der Waals surface area contributed by atoms with E-state index in [1.165, 1.54) is 15.4 Å². The maximum absolute atomic E-state index is 12.5. The summed E-state index contributed by atoms with van der Waals surface area (Å²) in [6.45, 7) is 7.52. The van der Waals surface area contributed by atoms with Crippen molar-refractivity contribution < 1.29 is 14.6 Å². The largest absolute Gasteiger partial charge is 0.322 e. The Kier molecular flexibility index (Phi) is 6.62. The Morgan fingerprint density at radius 1 is 1.00 bits per heavy atom. The van der Waals surface area contributed by atoms with Crippen molar-refractivity contribution in [3.8, 4) is 0 Å². The van der Waals surface area contributed by atoms with Gasteiger partial charge in [0.2, 0.25) is 0 Å². The maximum atomic E-state index is 12.5. The number of aryl methyl sites for hydroxylation is 1. The zero-order chi connectivity index (χ0) is 20.9. The first-order chi connectivity index (χ1) is 14.6. The molecule has 4 rings (SSSR count). The standard InChI is InChI=1S/C24H27ClN4O/c1-2-18-7-3-5-9-21(18)26-23(30)17-29-13-11-28(12-14-29)16-20-15-19-8-4-6-10-22(19)27-24(20)25/h3-10,15H,2,11-14,16-17H2,1H3,(H,26,30)/p+2. The van der Waals surface area contributed by atoms with Gasteiger partial charge in [-0.25, -0.2) is 4.98 Å². The van der Waals surface area contributed by atoms with E-state index in [0.29, 0.717) is 11.7 Å². The van der Waals surface area contributed by atoms with Crippen LogP contribution in [0.5, 0.6) is 0 Å². The number of carbonyl (C=O) groups is 1. The minimum Gasteiger partial charge on any atom is -0.322 e. The lowest BCUT2D eigenvalue weighted by atomic mass is 10.1. The zero-order valence-electron chi connectivity index (χ0n) is 17.4. The summed E-state index contributed by atoms with van der Waals surface area (Å²) in [5.74, 6) is 0.0936. The van der Waals surface area contributed by atoms with Gasteiger partial charge in [-0.3, -0.25) is 4.79 Å². The molecule has 1 aliphatic heterocycles. The molecule has 6 heteroatoms. The monoisotopic (exact) mass is 424 g/mol. The summed E-state index contributed by atoms with van der Waals surface area (Å²) in [7, 11) is 0. The van der Waals surface area contributed by atoms with Crippen molar-refractivity contribution >= 4 is 34.1 Å². The molecule has 0 aliphatic carbocycles. The molecule has 1 aromatic heterocycles. The van der Waals surface area contributed by atoms with Crippen molar-refractivity contribution in [3.05, 3.63) is 70.9 Å². The molecule has 5 nitrogen and oxygen atoms in total. The highest BCUT2D eigenvalue weighted by Crippen LogP contribution is 2.19. The van der Waals surface area contributed by atoms with Crippen LogP contribution in [0, 0.1) is 0 Å². The molecule has 0 radical (unpaired) electrons. The summed E-state index contributed by atoms with van der Waals surface area (Å²) in [6.07, 6.45) is 0.914. The number of piperazine rings is 1. The summed E-state index contributed by atoms with van der Waals surface area (Å²) in [5.41, 5.74) is 4.15. The summed E-state index contributed by atoms with van der Waals surface area (Å²) in [5, 5.41) is 4.82. The van der Waals surface area contributed by atoms with Gasteiger partial charge in [0.05, 0.1) is 5.52 Å². The fourth-order valence-electron chi connectivity index (χ4n) is 4.21. The van der Waals surface area contributed by atoms with Crippen LogP contribution in [0.2, 0.25) is 5.15 Å². The average Bonchev–Trinajstić information content (AvgIpc) is 2.76. The molecule has 0 saturated carbocycles. The molecule has 0 bridgehead atoms. The Hall–Kier alpha value is -2.47. The van der Waals surface area contributed by atoms with Crippen LogP contribution >= 0.6 is 11.6 Å². The first-order valence-electron chi connectivity index (χ1n) is 10.7. The number of hydrogen-bond acceptors (Lipinski definition) is 2. The first-order valence-corrected chi connectivity index (χ1v) is 11.1. The van der Waals surface area contributed by atoms with Gasteiger partial charge in [0.15, 0.2) is 6.54 Å². The molecule has 0 unspecified atom stereocenters. The molecular formula is C24H29ClN4O+2. The number of rotatable bonds is 6. The topological polar surface area (TPSA) is 50.9 Å². The van der Waals surface area contributed by atoms with Crippen LogP contribution in [0.15, 0.2) is 54.6 Å². The van der Waals surface area contributed by atoms with Crippen molar-refractivity contribution in [3.63, 3.8) is 0 Å². The normalized spacial score (nSPS) is 19.0. The van der Waals surface area contributed by atoms with Gasteiger partial charge in [0.1, 0.15) is 37.9 Å². The number of amides is 1. The quantitative estimate of drug-likeness (QED) is 0.523. The molecule has 156 valence electrons. The fourth-order valence-corrected chi connectivity index (χ4v) is 4.42. The summed E-state index contributed by atoms with van der Waals surface area (Å²) >= 11 is 6.44. The van der Waals surface area contributed by atoms with Gasteiger partial charge in [0, 0.05) is 16.6 Å². The number of pyridine rings is 1. The van der Waals surface area contributed by atoms with Gasteiger partial charge in [-0.15, -0.1) is 0 Å². The number of hydrogen-bond donors (Lipinski definition) is 3. The van der Waals surface area contributed by atoms with E-state index < -0.39 is 0 Å². The molecule has 3 N–H and O–H groups in total. The number of nitrogens with one attached hydrogen (secondary N) is 3. The highest BCUT2D eigenvalue weighted by Gasteiger charge is 2.26. The molecule has 1 saturated heterocycles. The van der Waals surface area contributed by atoms with Crippen LogP contribution in [0.1, 0.15) is 18.1 Å². The van der Waals surface area contributed by atoms with Gasteiger partial charge < -0.3 is 15.1 Å². The molecule has 0 atom stereocenters. The number of quaternary nitrogens is 2. The van der Waals surface area contributed by atoms with Crippen molar-refractivity contribution in [2.45, 2.75) is 19.9 Å². The van der Waals surface area contributed by atoms with Gasteiger partial charge in [0.25, 0.3) is 5.91 Å². The minimum atomic E-state index is 0.0936. The Morgan fingerprint density at radius 2 is 1.70 bits per heavy atom. The summed E-state index contributed by atoms with van der Waals surface area (Å²) in [4.78, 5) is 19.9. The molecular weight excluding hydrogens is 396 g/mol. The number of fused-ring (bicyclic) bond motifs is 1. The first kappa shape index (κ1) is 20.8. The molecule has 3 aromatic rings. The predicted molar refractivity (Wildman–Crippen MR) is 121 cm³/mol. The van der Waals surface area contributed by atoms with E-state index in [-0.39, 0.29) is 5.91 Å². The molecule has 2 heterocycles. The van der Waals surface area contributed by atoms with Gasteiger partial charge in [-0.05, 0) is 30.2 Å². The van der Waals surface area contributed by atoms with Crippen LogP contribution in [0.4, 0.5) is 5.69 Å². The lowest BCUT2D eigenvalue weighted by Gasteiger charge is -2.29. The number of carbonyl (C=O) groups excluding carboxylic acids is 1. The number of aromatic nitrogens is 1. The Labute approximate surface area is 182 Å². The molecule has 2 aromatic carbocycles. The van der Waals surface area contributed by atoms with Crippen molar-refractivity contribution in [1.82, 2.24) is 4.98 Å². The third kappa shape index (κ3) is 4.98. The molecule has 1 amide bonds. The van der Waals surface area contributed by atoms with Crippen LogP contribution < -0.4 is 15.1 Å². The fraction of sp³-hybridized carbons (Fsp3) is 0.333. The SMILES string of the molecule is CCc1ccccc1NC(=O)C[NH+]1CC[NH+](Cc2cc3ccccc3nc2Cl)CC1. The molecule has 0 spiro atoms. The minimum absolute atomic E-state index is 0.0936. The third-order valence-electron chi connectivity index (χ3n) is 5.94. The average molecular weight is 425 g/mol. The van der Waals surface area contributed by atoms with E-state index in [9.17, 15) is 4.79 Å². The van der Waals surface area contributed by atoms with Crippen molar-refractivity contribution in [2.24, 2.45) is 0 Å². The number of para-hydroxylation sites is 2. The van der Waals surface area contributed by atoms with Crippen LogP contribution in [0.3, 0.4) is 0 Å². The van der Waals surface area contributed by atoms with E-state index >= 15 is 0 Å². The number of nitrogens with zero attached hydrogens (tertiary/aromatic N) is 1. The Bertz CT molecular complexity index is 1030. The lowest BCUT2D eigenvalue weighted by molar-refractivity contribution is -1.02.